The molecule has 2 aromatic heterocycles. The third-order valence-corrected chi connectivity index (χ3v) is 5.93. The summed E-state index contributed by atoms with van der Waals surface area (Å²) in [7, 11) is -0.237. The Morgan fingerprint density at radius 1 is 1.24 bits per heavy atom. The molecule has 1 atom stereocenters. The van der Waals surface area contributed by atoms with Gasteiger partial charge >= 0.3 is 0 Å². The van der Waals surface area contributed by atoms with Gasteiger partial charge in [0.05, 0.1) is 18.6 Å². The highest BCUT2D eigenvalue weighted by Gasteiger charge is 2.29. The van der Waals surface area contributed by atoms with Gasteiger partial charge in [0.1, 0.15) is 11.0 Å². The molecule has 0 saturated carbocycles. The van der Waals surface area contributed by atoms with E-state index in [0.717, 1.165) is 0 Å². The van der Waals surface area contributed by atoms with Gasteiger partial charge in [-0.2, -0.15) is 10.1 Å². The lowest BCUT2D eigenvalue weighted by molar-refractivity contribution is 0.376. The van der Waals surface area contributed by atoms with E-state index in [-0.39, 0.29) is 11.6 Å². The van der Waals surface area contributed by atoms with Crippen molar-refractivity contribution in [3.63, 3.8) is 0 Å². The molecule has 8 nitrogen and oxygen atoms in total. The molecule has 1 aromatic carbocycles. The van der Waals surface area contributed by atoms with Crippen LogP contribution in [0.5, 0.6) is 5.75 Å². The van der Waals surface area contributed by atoms with Gasteiger partial charge in [0.15, 0.2) is 9.84 Å². The average molecular weight is 362 g/mol. The molecule has 0 saturated heterocycles. The van der Waals surface area contributed by atoms with E-state index in [1.807, 2.05) is 0 Å². The summed E-state index contributed by atoms with van der Waals surface area (Å²) < 4.78 is 37.0. The standard InChI is InChI=1S/C16H18N4O4S/c1-11(25(21,22)10-13-8-9-17-20(13)2)16-18-15(19-24-16)12-4-6-14(23-3)7-5-12/h4-9,11H,10H2,1-3H3. The minimum Gasteiger partial charge on any atom is -0.497 e. The van der Waals surface area contributed by atoms with Gasteiger partial charge in [0, 0.05) is 18.8 Å². The molecule has 0 bridgehead atoms. The zero-order chi connectivity index (χ0) is 18.0. The first-order chi connectivity index (χ1) is 11.9. The molecule has 3 rings (SSSR count). The predicted molar refractivity (Wildman–Crippen MR) is 90.5 cm³/mol. The maximum absolute atomic E-state index is 12.6. The van der Waals surface area contributed by atoms with Gasteiger partial charge in [-0.3, -0.25) is 4.68 Å². The lowest BCUT2D eigenvalue weighted by Gasteiger charge is -2.08. The van der Waals surface area contributed by atoms with Crippen LogP contribution in [0.15, 0.2) is 41.1 Å². The molecule has 9 heteroatoms. The molecule has 0 radical (unpaired) electrons. The summed E-state index contributed by atoms with van der Waals surface area (Å²) in [6.07, 6.45) is 1.56. The highest BCUT2D eigenvalue weighted by molar-refractivity contribution is 7.90. The molecule has 0 amide bonds. The van der Waals surface area contributed by atoms with Crippen molar-refractivity contribution in [2.75, 3.05) is 7.11 Å². The van der Waals surface area contributed by atoms with E-state index in [1.54, 1.807) is 50.7 Å². The van der Waals surface area contributed by atoms with Crippen LogP contribution in [-0.2, 0) is 22.6 Å². The van der Waals surface area contributed by atoms with Crippen LogP contribution in [0.3, 0.4) is 0 Å². The molecule has 3 aromatic rings. The van der Waals surface area contributed by atoms with Gasteiger partial charge in [0.2, 0.25) is 11.7 Å². The molecule has 25 heavy (non-hydrogen) atoms. The van der Waals surface area contributed by atoms with Gasteiger partial charge in [0.25, 0.3) is 0 Å². The number of nitrogens with zero attached hydrogens (tertiary/aromatic N) is 4. The summed E-state index contributed by atoms with van der Waals surface area (Å²) in [4.78, 5) is 4.23. The molecule has 0 aliphatic rings. The first-order valence-electron chi connectivity index (χ1n) is 7.57. The minimum atomic E-state index is -3.52. The lowest BCUT2D eigenvalue weighted by atomic mass is 10.2. The van der Waals surface area contributed by atoms with Crippen molar-refractivity contribution in [1.82, 2.24) is 19.9 Å². The van der Waals surface area contributed by atoms with E-state index in [4.69, 9.17) is 9.26 Å². The predicted octanol–water partition coefficient (Wildman–Crippen LogP) is 2.15. The molecule has 0 aliphatic heterocycles. The van der Waals surface area contributed by atoms with Crippen molar-refractivity contribution in [3.8, 4) is 17.1 Å². The fraction of sp³-hybridized carbons (Fsp3) is 0.312. The molecule has 0 aliphatic carbocycles. The Kier molecular flexibility index (Phi) is 4.58. The normalized spacial score (nSPS) is 12.9. The first-order valence-corrected chi connectivity index (χ1v) is 9.28. The van der Waals surface area contributed by atoms with Crippen molar-refractivity contribution in [2.24, 2.45) is 7.05 Å². The number of aromatic nitrogens is 4. The number of methoxy groups -OCH3 is 1. The average Bonchev–Trinajstić information content (AvgIpc) is 3.24. The fourth-order valence-electron chi connectivity index (χ4n) is 2.29. The SMILES string of the molecule is COc1ccc(-c2noc(C(C)S(=O)(=O)Cc3ccnn3C)n2)cc1. The van der Waals surface area contributed by atoms with E-state index >= 15 is 0 Å². The van der Waals surface area contributed by atoms with Crippen molar-refractivity contribution < 1.29 is 17.7 Å². The van der Waals surface area contributed by atoms with Crippen LogP contribution in [0.1, 0.15) is 23.8 Å². The minimum absolute atomic E-state index is 0.0630. The summed E-state index contributed by atoms with van der Waals surface area (Å²) in [5.41, 5.74) is 1.31. The van der Waals surface area contributed by atoms with Gasteiger partial charge in [-0.05, 0) is 37.3 Å². The zero-order valence-electron chi connectivity index (χ0n) is 14.1. The lowest BCUT2D eigenvalue weighted by Crippen LogP contribution is -2.15. The topological polar surface area (TPSA) is 100 Å². The first kappa shape index (κ1) is 17.2. The second-order valence-electron chi connectivity index (χ2n) is 5.58. The Bertz CT molecular complexity index is 960. The van der Waals surface area contributed by atoms with Crippen LogP contribution in [0, 0.1) is 0 Å². The molecular formula is C16H18N4O4S. The Morgan fingerprint density at radius 2 is 1.96 bits per heavy atom. The number of rotatable bonds is 6. The number of aryl methyl sites for hydroxylation is 1. The molecule has 1 unspecified atom stereocenters. The smallest absolute Gasteiger partial charge is 0.245 e. The Morgan fingerprint density at radius 3 is 2.56 bits per heavy atom. The van der Waals surface area contributed by atoms with Crippen molar-refractivity contribution in [3.05, 3.63) is 48.1 Å². The fourth-order valence-corrected chi connectivity index (χ4v) is 3.63. The van der Waals surface area contributed by atoms with E-state index in [2.05, 4.69) is 15.2 Å². The Balaban J connectivity index is 1.81. The number of ether oxygens (including phenoxy) is 1. The maximum atomic E-state index is 12.6. The summed E-state index contributed by atoms with van der Waals surface area (Å²) in [5.74, 6) is 0.957. The number of hydrogen-bond donors (Lipinski definition) is 0. The van der Waals surface area contributed by atoms with Crippen molar-refractivity contribution in [1.29, 1.82) is 0 Å². The van der Waals surface area contributed by atoms with Crippen LogP contribution in [0.4, 0.5) is 0 Å². The summed E-state index contributed by atoms with van der Waals surface area (Å²) in [6.45, 7) is 1.54. The quantitative estimate of drug-likeness (QED) is 0.662. The van der Waals surface area contributed by atoms with Crippen LogP contribution in [0.2, 0.25) is 0 Å². The van der Waals surface area contributed by atoms with Crippen molar-refractivity contribution >= 4 is 9.84 Å². The molecular weight excluding hydrogens is 344 g/mol. The van der Waals surface area contributed by atoms with E-state index < -0.39 is 15.1 Å². The Hall–Kier alpha value is -2.68. The van der Waals surface area contributed by atoms with Crippen molar-refractivity contribution in [2.45, 2.75) is 17.9 Å². The van der Waals surface area contributed by atoms with E-state index in [0.29, 0.717) is 22.8 Å². The highest BCUT2D eigenvalue weighted by Crippen LogP contribution is 2.26. The molecule has 0 spiro atoms. The highest BCUT2D eigenvalue weighted by atomic mass is 32.2. The van der Waals surface area contributed by atoms with Crippen LogP contribution < -0.4 is 4.74 Å². The largest absolute Gasteiger partial charge is 0.497 e. The summed E-state index contributed by atoms with van der Waals surface area (Å²) >= 11 is 0. The third kappa shape index (κ3) is 3.55. The number of sulfone groups is 1. The third-order valence-electron chi connectivity index (χ3n) is 3.95. The monoisotopic (exact) mass is 362 g/mol. The molecule has 132 valence electrons. The van der Waals surface area contributed by atoms with Crippen LogP contribution in [-0.4, -0.2) is 35.4 Å². The second kappa shape index (κ2) is 6.67. The van der Waals surface area contributed by atoms with Gasteiger partial charge in [-0.15, -0.1) is 0 Å². The number of benzene rings is 1. The second-order valence-corrected chi connectivity index (χ2v) is 7.90. The molecule has 0 N–H and O–H groups in total. The maximum Gasteiger partial charge on any atom is 0.245 e. The molecule has 2 heterocycles. The summed E-state index contributed by atoms with van der Waals surface area (Å²) in [5, 5.41) is 6.95. The van der Waals surface area contributed by atoms with Gasteiger partial charge < -0.3 is 9.26 Å². The molecule has 0 fully saturated rings. The van der Waals surface area contributed by atoms with Crippen LogP contribution in [0.25, 0.3) is 11.4 Å². The van der Waals surface area contributed by atoms with Gasteiger partial charge in [-0.25, -0.2) is 8.42 Å². The van der Waals surface area contributed by atoms with Crippen LogP contribution >= 0.6 is 0 Å². The van der Waals surface area contributed by atoms with Gasteiger partial charge in [-0.1, -0.05) is 5.16 Å². The number of hydrogen-bond acceptors (Lipinski definition) is 7. The van der Waals surface area contributed by atoms with E-state index in [9.17, 15) is 8.42 Å². The zero-order valence-corrected chi connectivity index (χ0v) is 14.9. The van der Waals surface area contributed by atoms with E-state index in [1.165, 1.54) is 11.6 Å². The summed E-state index contributed by atoms with van der Waals surface area (Å²) in [6, 6.07) is 8.77. The Labute approximate surface area is 145 Å².